The zero-order chi connectivity index (χ0) is 18.6. The molecule has 1 atom stereocenters. The van der Waals surface area contributed by atoms with Gasteiger partial charge in [0.15, 0.2) is 0 Å². The molecule has 0 radical (unpaired) electrons. The molecule has 1 aromatic carbocycles. The van der Waals surface area contributed by atoms with Crippen LogP contribution in [0, 0.1) is 5.92 Å². The van der Waals surface area contributed by atoms with Crippen LogP contribution in [0.25, 0.3) is 10.9 Å². The van der Waals surface area contributed by atoms with Crippen LogP contribution in [-0.2, 0) is 11.2 Å². The topological polar surface area (TPSA) is 69.2 Å². The van der Waals surface area contributed by atoms with E-state index in [1.807, 2.05) is 41.4 Å². The van der Waals surface area contributed by atoms with Crippen LogP contribution >= 0.6 is 0 Å². The van der Waals surface area contributed by atoms with Crippen molar-refractivity contribution in [1.29, 1.82) is 0 Å². The van der Waals surface area contributed by atoms with Crippen molar-refractivity contribution in [2.75, 3.05) is 13.1 Å². The van der Waals surface area contributed by atoms with Gasteiger partial charge in [-0.1, -0.05) is 24.3 Å². The molecule has 2 N–H and O–H groups in total. The van der Waals surface area contributed by atoms with E-state index in [4.69, 9.17) is 0 Å². The summed E-state index contributed by atoms with van der Waals surface area (Å²) >= 11 is 0. The number of carbonyl (C=O) groups is 1. The fourth-order valence-electron chi connectivity index (χ4n) is 4.00. The lowest BCUT2D eigenvalue weighted by molar-refractivity contribution is -0.133. The second kappa shape index (κ2) is 7.92. The molecule has 5 heteroatoms. The molecule has 0 unspecified atom stereocenters. The lowest BCUT2D eigenvalue weighted by Gasteiger charge is -2.34. The van der Waals surface area contributed by atoms with Gasteiger partial charge in [-0.3, -0.25) is 9.78 Å². The minimum Gasteiger partial charge on any atom is -0.387 e. The molecule has 3 aromatic rings. The van der Waals surface area contributed by atoms with E-state index in [-0.39, 0.29) is 11.8 Å². The number of aromatic nitrogens is 2. The Kier molecular flexibility index (Phi) is 5.21. The van der Waals surface area contributed by atoms with E-state index in [2.05, 4.69) is 22.1 Å². The molecule has 140 valence electrons. The van der Waals surface area contributed by atoms with E-state index in [9.17, 15) is 9.90 Å². The first-order chi connectivity index (χ1) is 13.2. The molecule has 0 aliphatic carbocycles. The quantitative estimate of drug-likeness (QED) is 0.729. The van der Waals surface area contributed by atoms with Gasteiger partial charge in [-0.05, 0) is 48.9 Å². The number of pyridine rings is 1. The smallest absolute Gasteiger partial charge is 0.222 e. The number of hydrogen-bond donors (Lipinski definition) is 2. The molecular weight excluding hydrogens is 338 g/mol. The Morgan fingerprint density at radius 3 is 2.74 bits per heavy atom. The van der Waals surface area contributed by atoms with Crippen LogP contribution in [0.15, 0.2) is 54.9 Å². The van der Waals surface area contributed by atoms with Crippen molar-refractivity contribution in [1.82, 2.24) is 14.9 Å². The van der Waals surface area contributed by atoms with Gasteiger partial charge in [-0.25, -0.2) is 0 Å². The van der Waals surface area contributed by atoms with Gasteiger partial charge < -0.3 is 15.0 Å². The third kappa shape index (κ3) is 3.88. The number of aromatic amines is 1. The van der Waals surface area contributed by atoms with E-state index in [1.165, 1.54) is 10.9 Å². The minimum atomic E-state index is -0.547. The van der Waals surface area contributed by atoms with E-state index >= 15 is 0 Å². The number of aliphatic hydroxyl groups is 1. The monoisotopic (exact) mass is 363 g/mol. The summed E-state index contributed by atoms with van der Waals surface area (Å²) in [6, 6.07) is 13.8. The Morgan fingerprint density at radius 2 is 1.96 bits per heavy atom. The SMILES string of the molecule is O=C(CCc1c[nH]c2ccccc12)N1CCC([C@@H](O)c2ccccn2)CC1. The number of hydrogen-bond acceptors (Lipinski definition) is 3. The largest absolute Gasteiger partial charge is 0.387 e. The second-order valence-corrected chi connectivity index (χ2v) is 7.28. The fourth-order valence-corrected chi connectivity index (χ4v) is 4.00. The number of nitrogens with one attached hydrogen (secondary N) is 1. The summed E-state index contributed by atoms with van der Waals surface area (Å²) in [5.74, 6) is 0.364. The van der Waals surface area contributed by atoms with Crippen molar-refractivity contribution >= 4 is 16.8 Å². The second-order valence-electron chi connectivity index (χ2n) is 7.28. The van der Waals surface area contributed by atoms with E-state index < -0.39 is 6.10 Å². The predicted octanol–water partition coefficient (Wildman–Crippen LogP) is 3.47. The van der Waals surface area contributed by atoms with Crippen molar-refractivity contribution in [2.24, 2.45) is 5.92 Å². The zero-order valence-electron chi connectivity index (χ0n) is 15.3. The third-order valence-electron chi connectivity index (χ3n) is 5.61. The van der Waals surface area contributed by atoms with Crippen LogP contribution < -0.4 is 0 Å². The number of H-pyrrole nitrogens is 1. The van der Waals surface area contributed by atoms with E-state index in [0.717, 1.165) is 30.5 Å². The summed E-state index contributed by atoms with van der Waals surface area (Å²) in [7, 11) is 0. The molecule has 4 rings (SSSR count). The Hall–Kier alpha value is -2.66. The van der Waals surface area contributed by atoms with Crippen LogP contribution in [0.5, 0.6) is 0 Å². The number of para-hydroxylation sites is 1. The Balaban J connectivity index is 1.30. The number of rotatable bonds is 5. The molecular formula is C22H25N3O2. The first-order valence-electron chi connectivity index (χ1n) is 9.64. The highest BCUT2D eigenvalue weighted by molar-refractivity contribution is 5.84. The normalized spacial score (nSPS) is 16.6. The molecule has 1 fully saturated rings. The van der Waals surface area contributed by atoms with Crippen LogP contribution in [0.3, 0.4) is 0 Å². The number of piperidine rings is 1. The number of carbonyl (C=O) groups excluding carboxylic acids is 1. The maximum Gasteiger partial charge on any atom is 0.222 e. The van der Waals surface area contributed by atoms with Gasteiger partial charge in [0.2, 0.25) is 5.91 Å². The number of fused-ring (bicyclic) bond motifs is 1. The lowest BCUT2D eigenvalue weighted by atomic mass is 9.89. The molecule has 3 heterocycles. The molecule has 0 bridgehead atoms. The van der Waals surface area contributed by atoms with Gasteiger partial charge in [-0.2, -0.15) is 0 Å². The lowest BCUT2D eigenvalue weighted by Crippen LogP contribution is -2.40. The molecule has 0 spiro atoms. The number of aliphatic hydroxyl groups excluding tert-OH is 1. The molecule has 1 aliphatic heterocycles. The first kappa shape index (κ1) is 17.7. The molecule has 1 amide bonds. The van der Waals surface area contributed by atoms with Crippen LogP contribution in [0.4, 0.5) is 0 Å². The molecule has 0 saturated carbocycles. The maximum absolute atomic E-state index is 12.6. The van der Waals surface area contributed by atoms with Crippen LogP contribution in [-0.4, -0.2) is 39.0 Å². The molecule has 27 heavy (non-hydrogen) atoms. The van der Waals surface area contributed by atoms with Crippen molar-refractivity contribution < 1.29 is 9.90 Å². The number of benzene rings is 1. The van der Waals surface area contributed by atoms with E-state index in [1.54, 1.807) is 6.20 Å². The molecule has 2 aromatic heterocycles. The number of amides is 1. The van der Waals surface area contributed by atoms with Crippen molar-refractivity contribution in [3.05, 3.63) is 66.1 Å². The van der Waals surface area contributed by atoms with Gasteiger partial charge in [0, 0.05) is 42.8 Å². The number of likely N-dealkylation sites (tertiary alicyclic amines) is 1. The van der Waals surface area contributed by atoms with Gasteiger partial charge in [0.05, 0.1) is 11.8 Å². The summed E-state index contributed by atoms with van der Waals surface area (Å²) in [5.41, 5.74) is 3.03. The molecule has 5 nitrogen and oxygen atoms in total. The number of aryl methyl sites for hydroxylation is 1. The average Bonchev–Trinajstić information content (AvgIpc) is 3.15. The van der Waals surface area contributed by atoms with Crippen molar-refractivity contribution in [3.8, 4) is 0 Å². The Morgan fingerprint density at radius 1 is 1.19 bits per heavy atom. The highest BCUT2D eigenvalue weighted by atomic mass is 16.3. The van der Waals surface area contributed by atoms with Crippen molar-refractivity contribution in [3.63, 3.8) is 0 Å². The average molecular weight is 363 g/mol. The Bertz CT molecular complexity index is 898. The predicted molar refractivity (Wildman–Crippen MR) is 105 cm³/mol. The fraction of sp³-hybridized carbons (Fsp3) is 0.364. The van der Waals surface area contributed by atoms with E-state index in [0.29, 0.717) is 19.5 Å². The third-order valence-corrected chi connectivity index (χ3v) is 5.61. The summed E-state index contributed by atoms with van der Waals surface area (Å²) in [4.78, 5) is 22.1. The van der Waals surface area contributed by atoms with Gasteiger partial charge in [0.25, 0.3) is 0 Å². The minimum absolute atomic E-state index is 0.164. The van der Waals surface area contributed by atoms with Crippen molar-refractivity contribution in [2.45, 2.75) is 31.8 Å². The van der Waals surface area contributed by atoms with Crippen LogP contribution in [0.2, 0.25) is 0 Å². The Labute approximate surface area is 159 Å². The summed E-state index contributed by atoms with van der Waals surface area (Å²) in [6.07, 6.45) is 6.08. The summed E-state index contributed by atoms with van der Waals surface area (Å²) in [6.45, 7) is 1.42. The van der Waals surface area contributed by atoms with Gasteiger partial charge >= 0.3 is 0 Å². The standard InChI is InChI=1S/C22H25N3O2/c26-21(9-8-17-15-24-19-6-2-1-5-18(17)19)25-13-10-16(11-14-25)22(27)20-7-3-4-12-23-20/h1-7,12,15-16,22,24,27H,8-11,13-14H2/t22-/m1/s1. The summed E-state index contributed by atoms with van der Waals surface area (Å²) in [5, 5.41) is 11.7. The zero-order valence-corrected chi connectivity index (χ0v) is 15.3. The van der Waals surface area contributed by atoms with Gasteiger partial charge in [0.1, 0.15) is 0 Å². The highest BCUT2D eigenvalue weighted by Gasteiger charge is 2.28. The molecule has 1 saturated heterocycles. The van der Waals surface area contributed by atoms with Crippen LogP contribution in [0.1, 0.15) is 36.6 Å². The maximum atomic E-state index is 12.6. The summed E-state index contributed by atoms with van der Waals surface area (Å²) < 4.78 is 0. The number of nitrogens with zero attached hydrogens (tertiary/aromatic N) is 2. The molecule has 1 aliphatic rings. The highest BCUT2D eigenvalue weighted by Crippen LogP contribution is 2.30. The first-order valence-corrected chi connectivity index (χ1v) is 9.64. The van der Waals surface area contributed by atoms with Gasteiger partial charge in [-0.15, -0.1) is 0 Å².